The summed E-state index contributed by atoms with van der Waals surface area (Å²) in [6, 6.07) is 4.92. The summed E-state index contributed by atoms with van der Waals surface area (Å²) in [4.78, 5) is 4.50. The number of hydrazine groups is 1. The summed E-state index contributed by atoms with van der Waals surface area (Å²) in [7, 11) is -3.43. The van der Waals surface area contributed by atoms with Crippen molar-refractivity contribution < 1.29 is 8.42 Å². The number of rotatable bonds is 5. The van der Waals surface area contributed by atoms with Crippen molar-refractivity contribution >= 4 is 36.7 Å². The van der Waals surface area contributed by atoms with E-state index in [1.165, 1.54) is 15.6 Å². The van der Waals surface area contributed by atoms with Gasteiger partial charge in [0, 0.05) is 13.1 Å². The van der Waals surface area contributed by atoms with E-state index in [1.807, 2.05) is 13.8 Å². The van der Waals surface area contributed by atoms with Crippen LogP contribution in [0.1, 0.15) is 13.8 Å². The second kappa shape index (κ2) is 5.41. The largest absolute Gasteiger partial charge is 0.300 e. The number of aromatic nitrogens is 1. The molecule has 0 fully saturated rings. The Bertz CT molecular complexity index is 677. The minimum absolute atomic E-state index is 0.288. The van der Waals surface area contributed by atoms with E-state index >= 15 is 0 Å². The second-order valence-corrected chi connectivity index (χ2v) is 6.85. The molecule has 104 valence electrons. The zero-order chi connectivity index (χ0) is 14.0. The van der Waals surface area contributed by atoms with Gasteiger partial charge in [-0.15, -0.1) is 0 Å². The molecule has 2 aromatic rings. The molecule has 0 aliphatic heterocycles. The quantitative estimate of drug-likeness (QED) is 0.647. The predicted octanol–water partition coefficient (Wildman–Crippen LogP) is 1.61. The molecule has 0 bridgehead atoms. The molecule has 0 aliphatic rings. The highest BCUT2D eigenvalue weighted by atomic mass is 32.2. The smallest absolute Gasteiger partial charge is 0.243 e. The van der Waals surface area contributed by atoms with Gasteiger partial charge in [0.2, 0.25) is 10.0 Å². The molecule has 0 aliphatic carbocycles. The van der Waals surface area contributed by atoms with E-state index in [2.05, 4.69) is 10.4 Å². The van der Waals surface area contributed by atoms with Crippen molar-refractivity contribution in [3.05, 3.63) is 18.2 Å². The minimum atomic E-state index is -3.43. The summed E-state index contributed by atoms with van der Waals surface area (Å²) in [5.41, 5.74) is 3.20. The fraction of sp³-hybridized carbons (Fsp3) is 0.364. The SMILES string of the molecule is CCN(CC)S(=O)(=O)c1ccc2nc(NN)sc2c1. The Morgan fingerprint density at radius 2 is 2.05 bits per heavy atom. The standard InChI is InChI=1S/C11H16N4O2S2/c1-3-15(4-2)19(16,17)8-5-6-9-10(7-8)18-11(13-9)14-12/h5-7H,3-4,12H2,1-2H3,(H,13,14). The van der Waals surface area contributed by atoms with E-state index in [4.69, 9.17) is 5.84 Å². The van der Waals surface area contributed by atoms with Crippen molar-refractivity contribution in [3.8, 4) is 0 Å². The van der Waals surface area contributed by atoms with Gasteiger partial charge in [-0.3, -0.25) is 5.43 Å². The van der Waals surface area contributed by atoms with Crippen LogP contribution in [-0.4, -0.2) is 30.8 Å². The molecular weight excluding hydrogens is 284 g/mol. The van der Waals surface area contributed by atoms with Gasteiger partial charge in [0.25, 0.3) is 0 Å². The van der Waals surface area contributed by atoms with Crippen LogP contribution in [0.5, 0.6) is 0 Å². The van der Waals surface area contributed by atoms with Gasteiger partial charge in [-0.2, -0.15) is 4.31 Å². The highest BCUT2D eigenvalue weighted by molar-refractivity contribution is 7.89. The van der Waals surface area contributed by atoms with Crippen molar-refractivity contribution in [3.63, 3.8) is 0 Å². The van der Waals surface area contributed by atoms with Crippen LogP contribution in [-0.2, 0) is 10.0 Å². The molecule has 1 aromatic carbocycles. The summed E-state index contributed by atoms with van der Waals surface area (Å²) in [5.74, 6) is 5.30. The van der Waals surface area contributed by atoms with Crippen molar-refractivity contribution in [1.82, 2.24) is 9.29 Å². The zero-order valence-electron chi connectivity index (χ0n) is 10.8. The number of anilines is 1. The lowest BCUT2D eigenvalue weighted by molar-refractivity contribution is 0.445. The lowest BCUT2D eigenvalue weighted by Crippen LogP contribution is -2.30. The molecule has 0 radical (unpaired) electrons. The number of nitrogens with zero attached hydrogens (tertiary/aromatic N) is 2. The molecule has 0 atom stereocenters. The lowest BCUT2D eigenvalue weighted by Gasteiger charge is -2.18. The Kier molecular flexibility index (Phi) is 4.04. The topological polar surface area (TPSA) is 88.3 Å². The molecule has 1 heterocycles. The number of thiazole rings is 1. The third-order valence-corrected chi connectivity index (χ3v) is 5.82. The van der Waals surface area contributed by atoms with E-state index in [9.17, 15) is 8.42 Å². The first-order valence-corrected chi connectivity index (χ1v) is 8.16. The van der Waals surface area contributed by atoms with Gasteiger partial charge in [-0.25, -0.2) is 19.2 Å². The lowest BCUT2D eigenvalue weighted by atomic mass is 10.3. The molecule has 3 N–H and O–H groups in total. The van der Waals surface area contributed by atoms with E-state index in [-0.39, 0.29) is 4.90 Å². The Hall–Kier alpha value is -1.22. The Morgan fingerprint density at radius 3 is 2.63 bits per heavy atom. The van der Waals surface area contributed by atoms with Gasteiger partial charge in [0.15, 0.2) is 5.13 Å². The first-order valence-electron chi connectivity index (χ1n) is 5.90. The molecule has 2 rings (SSSR count). The van der Waals surface area contributed by atoms with Crippen LogP contribution < -0.4 is 11.3 Å². The van der Waals surface area contributed by atoms with Crippen LogP contribution in [0, 0.1) is 0 Å². The number of benzene rings is 1. The molecule has 1 aromatic heterocycles. The van der Waals surface area contributed by atoms with Crippen molar-refractivity contribution in [1.29, 1.82) is 0 Å². The van der Waals surface area contributed by atoms with Crippen molar-refractivity contribution in [2.75, 3.05) is 18.5 Å². The highest BCUT2D eigenvalue weighted by Crippen LogP contribution is 2.28. The maximum Gasteiger partial charge on any atom is 0.243 e. The third-order valence-electron chi connectivity index (χ3n) is 2.83. The van der Waals surface area contributed by atoms with E-state index in [1.54, 1.807) is 18.2 Å². The Morgan fingerprint density at radius 1 is 1.37 bits per heavy atom. The highest BCUT2D eigenvalue weighted by Gasteiger charge is 2.22. The molecule has 0 unspecified atom stereocenters. The maximum atomic E-state index is 12.4. The van der Waals surface area contributed by atoms with Crippen LogP contribution in [0.25, 0.3) is 10.2 Å². The number of fused-ring (bicyclic) bond motifs is 1. The first-order chi connectivity index (χ1) is 9.02. The van der Waals surface area contributed by atoms with E-state index in [0.29, 0.717) is 18.2 Å². The van der Waals surface area contributed by atoms with Crippen molar-refractivity contribution in [2.45, 2.75) is 18.7 Å². The van der Waals surface area contributed by atoms with Crippen LogP contribution in [0.2, 0.25) is 0 Å². The number of nitrogens with one attached hydrogen (secondary N) is 1. The van der Waals surface area contributed by atoms with Crippen LogP contribution in [0.4, 0.5) is 5.13 Å². The third kappa shape index (κ3) is 2.57. The molecule has 0 spiro atoms. The van der Waals surface area contributed by atoms with Crippen LogP contribution >= 0.6 is 11.3 Å². The van der Waals surface area contributed by atoms with Gasteiger partial charge < -0.3 is 0 Å². The molecule has 0 amide bonds. The van der Waals surface area contributed by atoms with Gasteiger partial charge in [-0.05, 0) is 18.2 Å². The molecule has 0 saturated heterocycles. The van der Waals surface area contributed by atoms with Gasteiger partial charge in [-0.1, -0.05) is 25.2 Å². The fourth-order valence-electron chi connectivity index (χ4n) is 1.84. The van der Waals surface area contributed by atoms with E-state index < -0.39 is 10.0 Å². The van der Waals surface area contributed by atoms with Crippen molar-refractivity contribution in [2.24, 2.45) is 5.84 Å². The Labute approximate surface area is 116 Å². The number of sulfonamides is 1. The number of hydrogen-bond donors (Lipinski definition) is 2. The summed E-state index contributed by atoms with van der Waals surface area (Å²) in [6.07, 6.45) is 0. The van der Waals surface area contributed by atoms with Crippen LogP contribution in [0.15, 0.2) is 23.1 Å². The molecule has 8 heteroatoms. The summed E-state index contributed by atoms with van der Waals surface area (Å²) >= 11 is 1.32. The average Bonchev–Trinajstić information content (AvgIpc) is 2.81. The molecule has 19 heavy (non-hydrogen) atoms. The Balaban J connectivity index is 2.51. The summed E-state index contributed by atoms with van der Waals surface area (Å²) in [5, 5.41) is 0.562. The first kappa shape index (κ1) is 14.2. The molecule has 0 saturated carbocycles. The number of nitrogens with two attached hydrogens (primary N) is 1. The number of nitrogen functional groups attached to an aromatic ring is 1. The van der Waals surface area contributed by atoms with Gasteiger partial charge in [0.05, 0.1) is 15.1 Å². The van der Waals surface area contributed by atoms with Crippen LogP contribution in [0.3, 0.4) is 0 Å². The normalized spacial score (nSPS) is 12.2. The summed E-state index contributed by atoms with van der Waals surface area (Å²) in [6.45, 7) is 4.55. The molecular formula is C11H16N4O2S2. The average molecular weight is 300 g/mol. The molecule has 6 nitrogen and oxygen atoms in total. The van der Waals surface area contributed by atoms with Gasteiger partial charge >= 0.3 is 0 Å². The maximum absolute atomic E-state index is 12.4. The second-order valence-electron chi connectivity index (χ2n) is 3.88. The van der Waals surface area contributed by atoms with E-state index in [0.717, 1.165) is 10.2 Å². The minimum Gasteiger partial charge on any atom is -0.300 e. The monoisotopic (exact) mass is 300 g/mol. The number of hydrogen-bond acceptors (Lipinski definition) is 6. The van der Waals surface area contributed by atoms with Gasteiger partial charge in [0.1, 0.15) is 0 Å². The zero-order valence-corrected chi connectivity index (χ0v) is 12.4. The predicted molar refractivity (Wildman–Crippen MR) is 77.5 cm³/mol. The fourth-order valence-corrected chi connectivity index (χ4v) is 4.21. The summed E-state index contributed by atoms with van der Waals surface area (Å²) < 4.78 is 27.0.